The van der Waals surface area contributed by atoms with Crippen molar-refractivity contribution < 1.29 is 14.7 Å². The van der Waals surface area contributed by atoms with Gasteiger partial charge in [-0.25, -0.2) is 4.79 Å². The van der Waals surface area contributed by atoms with Gasteiger partial charge in [0.25, 0.3) is 0 Å². The second kappa shape index (κ2) is 5.26. The quantitative estimate of drug-likeness (QED) is 0.831. The Morgan fingerprint density at radius 2 is 1.75 bits per heavy atom. The monoisotopic (exact) mass is 280 g/mol. The first-order valence-electron chi connectivity index (χ1n) is 7.84. The molecule has 0 aromatic heterocycles. The lowest BCUT2D eigenvalue weighted by Gasteiger charge is -2.32. The Labute approximate surface area is 119 Å². The standard InChI is InChI=1S/C15H24N2O3/c1-17(11-4-2-3-5-11)15(20)16-13-10-7-6-9(8-10)12(13)14(18)19/h9-13H,2-8H2,1H3,(H,16,20)(H,18,19). The first-order chi connectivity index (χ1) is 9.58. The molecular weight excluding hydrogens is 256 g/mol. The van der Waals surface area contributed by atoms with Gasteiger partial charge in [-0.2, -0.15) is 0 Å². The lowest BCUT2D eigenvalue weighted by molar-refractivity contribution is -0.144. The van der Waals surface area contributed by atoms with E-state index in [9.17, 15) is 14.7 Å². The number of hydrogen-bond acceptors (Lipinski definition) is 2. The van der Waals surface area contributed by atoms with Crippen molar-refractivity contribution in [2.45, 2.75) is 57.0 Å². The summed E-state index contributed by atoms with van der Waals surface area (Å²) in [6.45, 7) is 0. The third-order valence-corrected chi connectivity index (χ3v) is 5.68. The third kappa shape index (κ3) is 2.27. The molecule has 4 unspecified atom stereocenters. The molecule has 3 fully saturated rings. The Kier molecular flexibility index (Phi) is 3.61. The van der Waals surface area contributed by atoms with Gasteiger partial charge in [0.15, 0.2) is 0 Å². The maximum absolute atomic E-state index is 12.4. The zero-order chi connectivity index (χ0) is 14.3. The molecule has 0 aliphatic heterocycles. The van der Waals surface area contributed by atoms with Crippen molar-refractivity contribution >= 4 is 12.0 Å². The predicted molar refractivity (Wildman–Crippen MR) is 74.3 cm³/mol. The number of nitrogens with zero attached hydrogens (tertiary/aromatic N) is 1. The van der Waals surface area contributed by atoms with Crippen LogP contribution in [0.4, 0.5) is 4.79 Å². The molecule has 0 radical (unpaired) electrons. The fraction of sp³-hybridized carbons (Fsp3) is 0.867. The number of carboxylic acids is 1. The lowest BCUT2D eigenvalue weighted by Crippen LogP contribution is -2.52. The highest BCUT2D eigenvalue weighted by molar-refractivity contribution is 5.77. The molecule has 5 heteroatoms. The molecule has 0 aromatic carbocycles. The third-order valence-electron chi connectivity index (χ3n) is 5.68. The van der Waals surface area contributed by atoms with Gasteiger partial charge in [-0.3, -0.25) is 4.79 Å². The number of carbonyl (C=O) groups is 2. The smallest absolute Gasteiger partial charge is 0.317 e. The molecule has 5 nitrogen and oxygen atoms in total. The lowest BCUT2D eigenvalue weighted by atomic mass is 9.84. The molecule has 2 amide bonds. The minimum atomic E-state index is -0.744. The van der Waals surface area contributed by atoms with Gasteiger partial charge in [0.2, 0.25) is 0 Å². The molecule has 3 aliphatic rings. The second-order valence-electron chi connectivity index (χ2n) is 6.72. The number of fused-ring (bicyclic) bond motifs is 2. The van der Waals surface area contributed by atoms with E-state index in [0.29, 0.717) is 12.0 Å². The van der Waals surface area contributed by atoms with Gasteiger partial charge in [0.05, 0.1) is 5.92 Å². The van der Waals surface area contributed by atoms with Crippen LogP contribution in [0.5, 0.6) is 0 Å². The van der Waals surface area contributed by atoms with Gasteiger partial charge in [-0.15, -0.1) is 0 Å². The van der Waals surface area contributed by atoms with Crippen LogP contribution >= 0.6 is 0 Å². The summed E-state index contributed by atoms with van der Waals surface area (Å²) in [6, 6.07) is 0.0835. The summed E-state index contributed by atoms with van der Waals surface area (Å²) in [4.78, 5) is 25.6. The second-order valence-corrected chi connectivity index (χ2v) is 6.72. The molecule has 3 rings (SSSR count). The normalized spacial score (nSPS) is 36.2. The van der Waals surface area contributed by atoms with Crippen LogP contribution in [0.15, 0.2) is 0 Å². The summed E-state index contributed by atoms with van der Waals surface area (Å²) in [6.07, 6.45) is 7.56. The number of carbonyl (C=O) groups excluding carboxylic acids is 1. The highest BCUT2D eigenvalue weighted by Crippen LogP contribution is 2.48. The van der Waals surface area contributed by atoms with Crippen LogP contribution in [0.3, 0.4) is 0 Å². The number of carboxylic acid groups (broad SMARTS) is 1. The molecule has 0 aromatic rings. The summed E-state index contributed by atoms with van der Waals surface area (Å²) in [5, 5.41) is 12.4. The SMILES string of the molecule is CN(C(=O)NC1C2CCC(C2)C1C(=O)O)C1CCCC1. The van der Waals surface area contributed by atoms with Crippen LogP contribution in [0.2, 0.25) is 0 Å². The van der Waals surface area contributed by atoms with Crippen LogP contribution in [-0.4, -0.2) is 41.1 Å². The van der Waals surface area contributed by atoms with Gasteiger partial charge in [0, 0.05) is 19.1 Å². The van der Waals surface area contributed by atoms with Gasteiger partial charge < -0.3 is 15.3 Å². The largest absolute Gasteiger partial charge is 0.481 e. The van der Waals surface area contributed by atoms with Crippen molar-refractivity contribution in [3.8, 4) is 0 Å². The van der Waals surface area contributed by atoms with Crippen molar-refractivity contribution in [3.05, 3.63) is 0 Å². The van der Waals surface area contributed by atoms with Crippen LogP contribution in [0.1, 0.15) is 44.9 Å². The van der Waals surface area contributed by atoms with Crippen LogP contribution < -0.4 is 5.32 Å². The highest BCUT2D eigenvalue weighted by atomic mass is 16.4. The molecule has 4 atom stereocenters. The molecular formula is C15H24N2O3. The summed E-state index contributed by atoms with van der Waals surface area (Å²) >= 11 is 0. The van der Waals surface area contributed by atoms with Crippen molar-refractivity contribution in [1.82, 2.24) is 10.2 Å². The van der Waals surface area contributed by atoms with E-state index in [0.717, 1.165) is 32.1 Å². The van der Waals surface area contributed by atoms with Crippen molar-refractivity contribution in [3.63, 3.8) is 0 Å². The molecule has 3 aliphatic carbocycles. The van der Waals surface area contributed by atoms with E-state index in [2.05, 4.69) is 5.32 Å². The summed E-state index contributed by atoms with van der Waals surface area (Å²) < 4.78 is 0. The Hall–Kier alpha value is -1.26. The summed E-state index contributed by atoms with van der Waals surface area (Å²) in [5.74, 6) is -0.498. The van der Waals surface area contributed by atoms with Gasteiger partial charge in [0.1, 0.15) is 0 Å². The van der Waals surface area contributed by atoms with E-state index in [-0.39, 0.29) is 23.9 Å². The van der Waals surface area contributed by atoms with Crippen molar-refractivity contribution in [1.29, 1.82) is 0 Å². The summed E-state index contributed by atoms with van der Waals surface area (Å²) in [7, 11) is 1.84. The van der Waals surface area contributed by atoms with E-state index in [1.807, 2.05) is 7.05 Å². The minimum absolute atomic E-state index is 0.0827. The number of nitrogens with one attached hydrogen (secondary N) is 1. The van der Waals surface area contributed by atoms with E-state index < -0.39 is 5.97 Å². The molecule has 20 heavy (non-hydrogen) atoms. The number of rotatable bonds is 3. The fourth-order valence-corrected chi connectivity index (χ4v) is 4.56. The van der Waals surface area contributed by atoms with E-state index >= 15 is 0 Å². The van der Waals surface area contributed by atoms with E-state index in [1.165, 1.54) is 12.8 Å². The van der Waals surface area contributed by atoms with Gasteiger partial charge in [-0.05, 0) is 43.9 Å². The Bertz CT molecular complexity index is 406. The highest BCUT2D eigenvalue weighted by Gasteiger charge is 2.51. The first kappa shape index (κ1) is 13.7. The Morgan fingerprint density at radius 3 is 2.40 bits per heavy atom. The van der Waals surface area contributed by atoms with Crippen LogP contribution in [-0.2, 0) is 4.79 Å². The number of aliphatic carboxylic acids is 1. The van der Waals surface area contributed by atoms with E-state index in [1.54, 1.807) is 4.90 Å². The van der Waals surface area contributed by atoms with Crippen LogP contribution in [0.25, 0.3) is 0 Å². The molecule has 0 heterocycles. The zero-order valence-corrected chi connectivity index (χ0v) is 12.0. The Balaban J connectivity index is 1.64. The topological polar surface area (TPSA) is 69.6 Å². The maximum Gasteiger partial charge on any atom is 0.317 e. The molecule has 0 saturated heterocycles. The predicted octanol–water partition coefficient (Wildman–Crippen LogP) is 2.07. The van der Waals surface area contributed by atoms with Crippen molar-refractivity contribution in [2.75, 3.05) is 7.05 Å². The molecule has 112 valence electrons. The molecule has 0 spiro atoms. The Morgan fingerprint density at radius 1 is 1.10 bits per heavy atom. The van der Waals surface area contributed by atoms with Gasteiger partial charge >= 0.3 is 12.0 Å². The van der Waals surface area contributed by atoms with Crippen LogP contribution in [0, 0.1) is 17.8 Å². The first-order valence-corrected chi connectivity index (χ1v) is 7.84. The zero-order valence-electron chi connectivity index (χ0n) is 12.0. The number of amides is 2. The molecule has 2 N–H and O–H groups in total. The molecule has 2 bridgehead atoms. The van der Waals surface area contributed by atoms with Gasteiger partial charge in [-0.1, -0.05) is 12.8 Å². The summed E-state index contributed by atoms with van der Waals surface area (Å²) in [5.41, 5.74) is 0. The number of hydrogen-bond donors (Lipinski definition) is 2. The fourth-order valence-electron chi connectivity index (χ4n) is 4.56. The average Bonchev–Trinajstić information content (AvgIpc) is 3.13. The maximum atomic E-state index is 12.4. The minimum Gasteiger partial charge on any atom is -0.481 e. The van der Waals surface area contributed by atoms with Crippen molar-refractivity contribution in [2.24, 2.45) is 17.8 Å². The average molecular weight is 280 g/mol. The molecule has 3 saturated carbocycles. The number of urea groups is 1. The van der Waals surface area contributed by atoms with E-state index in [4.69, 9.17) is 0 Å².